The third kappa shape index (κ3) is 3.75. The number of thiol groups is 1. The monoisotopic (exact) mass is 349 g/mol. The molecule has 0 aromatic carbocycles. The second kappa shape index (κ2) is 7.30. The number of rotatable bonds is 13. The SMILES string of the molecule is O=C(CCCCC1C2C3CS132)NCCCOCC(O)COS. The van der Waals surface area contributed by atoms with Crippen LogP contribution < -0.4 is 5.32 Å². The van der Waals surface area contributed by atoms with Gasteiger partial charge in [-0.1, -0.05) is 6.42 Å². The van der Waals surface area contributed by atoms with E-state index in [4.69, 9.17) is 4.74 Å². The number of aliphatic hydroxyl groups is 1. The summed E-state index contributed by atoms with van der Waals surface area (Å²) in [5.41, 5.74) is 0. The molecular weight excluding hydrogens is 322 g/mol. The van der Waals surface area contributed by atoms with Gasteiger partial charge in [-0.15, -0.1) is 0 Å². The Balaban J connectivity index is 1.07. The first-order valence-corrected chi connectivity index (χ1v) is 10.6. The summed E-state index contributed by atoms with van der Waals surface area (Å²) in [7, 11) is 0.0978. The van der Waals surface area contributed by atoms with Gasteiger partial charge in [-0.3, -0.25) is 4.79 Å². The topological polar surface area (TPSA) is 67.8 Å². The fourth-order valence-electron chi connectivity index (χ4n) is 3.59. The van der Waals surface area contributed by atoms with E-state index in [1.54, 1.807) is 5.75 Å². The van der Waals surface area contributed by atoms with Gasteiger partial charge in [-0.2, -0.15) is 0 Å². The van der Waals surface area contributed by atoms with Gasteiger partial charge in [0.1, 0.15) is 6.10 Å². The number of aliphatic hydroxyl groups excluding tert-OH is 1. The number of nitrogens with one attached hydrogen (secondary N) is 1. The van der Waals surface area contributed by atoms with E-state index in [0.717, 1.165) is 18.1 Å². The summed E-state index contributed by atoms with van der Waals surface area (Å²) in [5.74, 6) is 1.75. The predicted molar refractivity (Wildman–Crippen MR) is 91.7 cm³/mol. The largest absolute Gasteiger partial charge is 0.388 e. The molecule has 3 heterocycles. The molecule has 1 spiro atoms. The molecule has 22 heavy (non-hydrogen) atoms. The second-order valence-electron chi connectivity index (χ2n) is 6.59. The van der Waals surface area contributed by atoms with Crippen LogP contribution in [0.4, 0.5) is 0 Å². The lowest BCUT2D eigenvalue weighted by Crippen LogP contribution is -2.26. The zero-order valence-electron chi connectivity index (χ0n) is 12.9. The predicted octanol–water partition coefficient (Wildman–Crippen LogP) is 1.24. The quantitative estimate of drug-likeness (QED) is 0.203. The normalized spacial score (nSPS) is 37.5. The lowest BCUT2D eigenvalue weighted by Gasteiger charge is -2.10. The molecule has 3 rings (SSSR count). The van der Waals surface area contributed by atoms with E-state index in [1.807, 2.05) is 0 Å². The highest BCUT2D eigenvalue weighted by atomic mass is 32.3. The van der Waals surface area contributed by atoms with E-state index in [2.05, 4.69) is 22.4 Å². The van der Waals surface area contributed by atoms with Crippen LogP contribution in [-0.2, 0) is 13.7 Å². The van der Waals surface area contributed by atoms with Crippen molar-refractivity contribution < 1.29 is 18.8 Å². The van der Waals surface area contributed by atoms with Gasteiger partial charge < -0.3 is 19.3 Å². The van der Waals surface area contributed by atoms with Crippen molar-refractivity contribution >= 4 is 28.8 Å². The number of carbonyl (C=O) groups is 1. The van der Waals surface area contributed by atoms with Gasteiger partial charge >= 0.3 is 0 Å². The van der Waals surface area contributed by atoms with E-state index in [1.165, 1.54) is 23.3 Å². The molecule has 7 heteroatoms. The molecule has 3 saturated heterocycles. The summed E-state index contributed by atoms with van der Waals surface area (Å²) < 4.78 is 9.78. The Kier molecular flexibility index (Phi) is 5.60. The average Bonchev–Trinajstić information content (AvgIpc) is 3.39. The molecule has 3 aliphatic heterocycles. The first-order chi connectivity index (χ1) is 10.7. The summed E-state index contributed by atoms with van der Waals surface area (Å²) in [4.78, 5) is 11.7. The maximum Gasteiger partial charge on any atom is 0.219 e. The number of amides is 1. The van der Waals surface area contributed by atoms with Crippen molar-refractivity contribution in [2.24, 2.45) is 0 Å². The first kappa shape index (κ1) is 16.9. The standard InChI is InChI=1S/C15H27NO4S2/c17-11(9-20-21)8-19-7-3-6-16-14(18)5-2-1-4-12-15-13-10-22(12,13)15/h11-13,15,17,21H,1-10H2,(H,16,18). The molecule has 2 N–H and O–H groups in total. The van der Waals surface area contributed by atoms with Crippen LogP contribution in [0, 0.1) is 0 Å². The molecule has 3 fully saturated rings. The zero-order chi connectivity index (χ0) is 15.6. The molecule has 5 nitrogen and oxygen atoms in total. The molecule has 0 aliphatic carbocycles. The van der Waals surface area contributed by atoms with Crippen molar-refractivity contribution in [3.05, 3.63) is 0 Å². The Hall–Kier alpha value is 0.0500. The van der Waals surface area contributed by atoms with Gasteiger partial charge in [0.05, 0.1) is 13.2 Å². The molecule has 5 unspecified atom stereocenters. The van der Waals surface area contributed by atoms with Crippen molar-refractivity contribution in [3.8, 4) is 0 Å². The summed E-state index contributed by atoms with van der Waals surface area (Å²) in [5, 5.41) is 15.8. The summed E-state index contributed by atoms with van der Waals surface area (Å²) >= 11 is 3.56. The highest BCUT2D eigenvalue weighted by molar-refractivity contribution is 8.54. The minimum atomic E-state index is -0.642. The van der Waals surface area contributed by atoms with Crippen LogP contribution in [0.5, 0.6) is 0 Å². The van der Waals surface area contributed by atoms with E-state index in [-0.39, 0.29) is 29.1 Å². The van der Waals surface area contributed by atoms with E-state index in [0.29, 0.717) is 19.6 Å². The third-order valence-electron chi connectivity index (χ3n) is 5.06. The Morgan fingerprint density at radius 1 is 1.36 bits per heavy atom. The number of ether oxygens (including phenoxy) is 1. The van der Waals surface area contributed by atoms with Crippen molar-refractivity contribution in [2.45, 2.75) is 54.0 Å². The molecule has 5 atom stereocenters. The van der Waals surface area contributed by atoms with Crippen molar-refractivity contribution in [1.82, 2.24) is 5.32 Å². The van der Waals surface area contributed by atoms with Gasteiger partial charge in [0, 0.05) is 35.3 Å². The van der Waals surface area contributed by atoms with Gasteiger partial charge in [-0.25, -0.2) is 10.0 Å². The third-order valence-corrected chi connectivity index (χ3v) is 10.0. The van der Waals surface area contributed by atoms with Gasteiger partial charge in [-0.05, 0) is 37.9 Å². The minimum Gasteiger partial charge on any atom is -0.388 e. The van der Waals surface area contributed by atoms with Crippen molar-refractivity contribution in [3.63, 3.8) is 0 Å². The molecular formula is C15H27NO4S2. The van der Waals surface area contributed by atoms with Crippen molar-refractivity contribution in [1.29, 1.82) is 0 Å². The van der Waals surface area contributed by atoms with Gasteiger partial charge in [0.15, 0.2) is 0 Å². The molecule has 0 radical (unpaired) electrons. The fourth-order valence-corrected chi connectivity index (χ4v) is 9.10. The second-order valence-corrected chi connectivity index (χ2v) is 10.8. The number of hydrogen-bond donors (Lipinski definition) is 3. The van der Waals surface area contributed by atoms with E-state index in [9.17, 15) is 9.90 Å². The number of unbranched alkanes of at least 4 members (excludes halogenated alkanes) is 1. The number of hydrogen-bond acceptors (Lipinski definition) is 5. The van der Waals surface area contributed by atoms with Crippen molar-refractivity contribution in [2.75, 3.05) is 32.1 Å². The number of carbonyl (C=O) groups excluding carboxylic acids is 1. The lowest BCUT2D eigenvalue weighted by atomic mass is 10.1. The summed E-state index contributed by atoms with van der Waals surface area (Å²) in [6.45, 7) is 1.56. The van der Waals surface area contributed by atoms with Crippen LogP contribution in [-0.4, -0.2) is 65.0 Å². The molecule has 0 aromatic heterocycles. The van der Waals surface area contributed by atoms with Crippen LogP contribution in [0.3, 0.4) is 0 Å². The molecule has 0 saturated carbocycles. The van der Waals surface area contributed by atoms with Crippen LogP contribution in [0.2, 0.25) is 0 Å². The van der Waals surface area contributed by atoms with Crippen LogP contribution in [0.1, 0.15) is 32.1 Å². The fraction of sp³-hybridized carbons (Fsp3) is 0.933. The van der Waals surface area contributed by atoms with Crippen LogP contribution in [0.15, 0.2) is 0 Å². The van der Waals surface area contributed by atoms with E-state index < -0.39 is 6.10 Å². The molecule has 0 aromatic rings. The minimum absolute atomic E-state index is 0.0978. The first-order valence-electron chi connectivity index (χ1n) is 8.26. The maximum absolute atomic E-state index is 11.7. The van der Waals surface area contributed by atoms with Gasteiger partial charge in [0.2, 0.25) is 5.91 Å². The molecule has 0 bridgehead atoms. The average molecular weight is 350 g/mol. The van der Waals surface area contributed by atoms with Crippen LogP contribution in [0.25, 0.3) is 0 Å². The number of fused-ring (bicyclic) bond motifs is 1. The molecule has 1 amide bonds. The molecule has 3 aliphatic rings. The summed E-state index contributed by atoms with van der Waals surface area (Å²) in [6, 6.07) is 0. The lowest BCUT2D eigenvalue weighted by molar-refractivity contribution is -0.121. The Morgan fingerprint density at radius 2 is 2.18 bits per heavy atom. The maximum atomic E-state index is 11.7. The van der Waals surface area contributed by atoms with Crippen LogP contribution >= 0.6 is 22.9 Å². The Bertz CT molecular complexity index is 411. The summed E-state index contributed by atoms with van der Waals surface area (Å²) in [6.07, 6.45) is 4.41. The Labute approximate surface area is 139 Å². The highest BCUT2D eigenvalue weighted by Gasteiger charge is 2.93. The highest BCUT2D eigenvalue weighted by Crippen LogP contribution is 3.09. The van der Waals surface area contributed by atoms with Gasteiger partial charge in [0.25, 0.3) is 0 Å². The van der Waals surface area contributed by atoms with E-state index >= 15 is 0 Å². The Morgan fingerprint density at radius 3 is 2.86 bits per heavy atom. The molecule has 128 valence electrons. The smallest absolute Gasteiger partial charge is 0.219 e. The zero-order valence-corrected chi connectivity index (χ0v) is 14.6.